The topological polar surface area (TPSA) is 96.2 Å². The summed E-state index contributed by atoms with van der Waals surface area (Å²) in [5.74, 6) is 2.30. The lowest BCUT2D eigenvalue weighted by atomic mass is 10.2. The van der Waals surface area contributed by atoms with Gasteiger partial charge in [-0.15, -0.1) is 0 Å². The Kier molecular flexibility index (Phi) is 3.87. The Morgan fingerprint density at radius 3 is 2.66 bits per heavy atom. The lowest BCUT2D eigenvalue weighted by Crippen LogP contribution is -2.01. The van der Waals surface area contributed by atoms with E-state index in [1.54, 1.807) is 24.2 Å². The Hall–Kier alpha value is -4.01. The number of fused-ring (bicyclic) bond motifs is 1. The summed E-state index contributed by atoms with van der Waals surface area (Å²) < 4.78 is 14.4. The summed E-state index contributed by atoms with van der Waals surface area (Å²) in [6.07, 6.45) is 5.25. The van der Waals surface area contributed by atoms with E-state index < -0.39 is 0 Å². The van der Waals surface area contributed by atoms with Gasteiger partial charge in [0, 0.05) is 29.7 Å². The third-order valence-electron chi connectivity index (χ3n) is 4.60. The third-order valence-corrected chi connectivity index (χ3v) is 4.60. The molecule has 0 aliphatic rings. The first-order valence-electron chi connectivity index (χ1n) is 8.97. The molecule has 0 unspecified atom stereocenters. The molecule has 5 heterocycles. The van der Waals surface area contributed by atoms with Crippen molar-refractivity contribution in [3.05, 3.63) is 60.3 Å². The lowest BCUT2D eigenvalue weighted by molar-refractivity contribution is 0.414. The summed E-state index contributed by atoms with van der Waals surface area (Å²) in [6, 6.07) is 9.46. The summed E-state index contributed by atoms with van der Waals surface area (Å²) in [5, 5.41) is 8.54. The number of methoxy groups -OCH3 is 1. The number of aromatic nitrogens is 7. The first-order valence-corrected chi connectivity index (χ1v) is 8.97. The highest BCUT2D eigenvalue weighted by atomic mass is 16.5. The minimum absolute atomic E-state index is 0.375. The molecule has 144 valence electrons. The van der Waals surface area contributed by atoms with Crippen LogP contribution < -0.4 is 4.74 Å². The van der Waals surface area contributed by atoms with Crippen LogP contribution in [0, 0.1) is 13.8 Å². The number of rotatable bonds is 4. The van der Waals surface area contributed by atoms with E-state index in [-0.39, 0.29) is 0 Å². The second-order valence-electron chi connectivity index (χ2n) is 6.61. The van der Waals surface area contributed by atoms with Crippen molar-refractivity contribution in [2.24, 2.45) is 0 Å². The van der Waals surface area contributed by atoms with Gasteiger partial charge in [-0.1, -0.05) is 5.16 Å². The fraction of sp³-hybridized carbons (Fsp3) is 0.150. The number of aryl methyl sites for hydroxylation is 2. The van der Waals surface area contributed by atoms with Gasteiger partial charge in [0.15, 0.2) is 5.82 Å². The van der Waals surface area contributed by atoms with Crippen molar-refractivity contribution in [2.75, 3.05) is 7.11 Å². The maximum Gasteiger partial charge on any atom is 0.276 e. The normalized spacial score (nSPS) is 11.3. The van der Waals surface area contributed by atoms with Gasteiger partial charge in [-0.05, 0) is 38.1 Å². The Labute approximate surface area is 165 Å². The highest BCUT2D eigenvalue weighted by molar-refractivity contribution is 5.61. The van der Waals surface area contributed by atoms with Crippen molar-refractivity contribution in [3.8, 4) is 34.5 Å². The molecule has 0 aromatic carbocycles. The van der Waals surface area contributed by atoms with Crippen LogP contribution in [0.1, 0.15) is 11.4 Å². The number of hydrogen-bond donors (Lipinski definition) is 0. The SMILES string of the molecule is COc1ccn2c(-c3nc(-c4ccc(-n5nc(C)cc5C)nc4)no3)cnc2c1. The van der Waals surface area contributed by atoms with Crippen LogP contribution in [-0.2, 0) is 0 Å². The van der Waals surface area contributed by atoms with Crippen molar-refractivity contribution in [1.82, 2.24) is 34.3 Å². The van der Waals surface area contributed by atoms with Gasteiger partial charge in [-0.3, -0.25) is 4.40 Å². The van der Waals surface area contributed by atoms with Gasteiger partial charge in [0.05, 0.1) is 19.0 Å². The fourth-order valence-corrected chi connectivity index (χ4v) is 3.20. The Bertz CT molecular complexity index is 1310. The van der Waals surface area contributed by atoms with Crippen LogP contribution in [0.15, 0.2) is 53.4 Å². The second-order valence-corrected chi connectivity index (χ2v) is 6.61. The van der Waals surface area contributed by atoms with E-state index in [9.17, 15) is 0 Å². The van der Waals surface area contributed by atoms with Crippen LogP contribution in [0.25, 0.3) is 34.4 Å². The second kappa shape index (κ2) is 6.55. The van der Waals surface area contributed by atoms with Crippen LogP contribution in [0.5, 0.6) is 5.75 Å². The molecule has 5 aromatic heterocycles. The summed E-state index contributed by atoms with van der Waals surface area (Å²) >= 11 is 0. The minimum atomic E-state index is 0.375. The van der Waals surface area contributed by atoms with Crippen LogP contribution in [0.3, 0.4) is 0 Å². The average Bonchev–Trinajstić information content (AvgIpc) is 3.45. The zero-order chi connectivity index (χ0) is 20.0. The van der Waals surface area contributed by atoms with Gasteiger partial charge >= 0.3 is 0 Å². The number of hydrogen-bond acceptors (Lipinski definition) is 7. The van der Waals surface area contributed by atoms with Gasteiger partial charge in [-0.25, -0.2) is 14.6 Å². The summed E-state index contributed by atoms with van der Waals surface area (Å²) in [7, 11) is 1.62. The molecule has 0 N–H and O–H groups in total. The number of imidazole rings is 1. The van der Waals surface area contributed by atoms with Crippen LogP contribution in [0.2, 0.25) is 0 Å². The zero-order valence-electron chi connectivity index (χ0n) is 16.1. The standard InChI is InChI=1S/C20H17N7O2/c1-12-8-13(2)27(24-12)17-5-4-14(10-21-17)19-23-20(29-25-19)16-11-22-18-9-15(28-3)6-7-26(16)18/h4-11H,1-3H3. The first kappa shape index (κ1) is 17.1. The molecule has 29 heavy (non-hydrogen) atoms. The van der Waals surface area contributed by atoms with Crippen LogP contribution >= 0.6 is 0 Å². The molecular weight excluding hydrogens is 370 g/mol. The minimum Gasteiger partial charge on any atom is -0.497 e. The van der Waals surface area contributed by atoms with Gasteiger partial charge in [0.25, 0.3) is 5.89 Å². The van der Waals surface area contributed by atoms with E-state index in [1.807, 2.05) is 54.8 Å². The summed E-state index contributed by atoms with van der Waals surface area (Å²) in [6.45, 7) is 3.95. The molecule has 0 spiro atoms. The molecular formula is C20H17N7O2. The molecule has 9 nitrogen and oxygen atoms in total. The Morgan fingerprint density at radius 1 is 1.03 bits per heavy atom. The predicted molar refractivity (Wildman–Crippen MR) is 105 cm³/mol. The van der Waals surface area contributed by atoms with E-state index in [0.717, 1.165) is 34.2 Å². The van der Waals surface area contributed by atoms with E-state index in [2.05, 4.69) is 25.2 Å². The molecule has 9 heteroatoms. The van der Waals surface area contributed by atoms with Gasteiger partial charge in [0.1, 0.15) is 17.1 Å². The highest BCUT2D eigenvalue weighted by Gasteiger charge is 2.16. The third kappa shape index (κ3) is 2.92. The maximum atomic E-state index is 5.47. The van der Waals surface area contributed by atoms with E-state index in [0.29, 0.717) is 17.4 Å². The smallest absolute Gasteiger partial charge is 0.276 e. The van der Waals surface area contributed by atoms with Crippen LogP contribution in [0.4, 0.5) is 0 Å². The fourth-order valence-electron chi connectivity index (χ4n) is 3.20. The number of pyridine rings is 2. The predicted octanol–water partition coefficient (Wildman–Crippen LogP) is 3.26. The molecule has 0 saturated carbocycles. The van der Waals surface area contributed by atoms with Crippen molar-refractivity contribution in [2.45, 2.75) is 13.8 Å². The van der Waals surface area contributed by atoms with Gasteiger partial charge < -0.3 is 9.26 Å². The summed E-state index contributed by atoms with van der Waals surface area (Å²) in [4.78, 5) is 13.4. The molecule has 0 saturated heterocycles. The number of nitrogens with zero attached hydrogens (tertiary/aromatic N) is 7. The van der Waals surface area contributed by atoms with Crippen molar-refractivity contribution < 1.29 is 9.26 Å². The molecule has 0 bridgehead atoms. The Balaban J connectivity index is 1.46. The molecule has 5 aromatic rings. The van der Waals surface area contributed by atoms with E-state index in [1.165, 1.54) is 0 Å². The molecule has 0 amide bonds. The average molecular weight is 387 g/mol. The van der Waals surface area contributed by atoms with E-state index in [4.69, 9.17) is 9.26 Å². The van der Waals surface area contributed by atoms with Crippen LogP contribution in [-0.4, -0.2) is 41.4 Å². The number of ether oxygens (including phenoxy) is 1. The molecule has 0 aliphatic carbocycles. The van der Waals surface area contributed by atoms with E-state index >= 15 is 0 Å². The Morgan fingerprint density at radius 2 is 1.93 bits per heavy atom. The summed E-state index contributed by atoms with van der Waals surface area (Å²) in [5.41, 5.74) is 4.15. The van der Waals surface area contributed by atoms with Crippen molar-refractivity contribution in [1.29, 1.82) is 0 Å². The monoisotopic (exact) mass is 387 g/mol. The zero-order valence-corrected chi connectivity index (χ0v) is 16.1. The molecule has 0 aliphatic heterocycles. The van der Waals surface area contributed by atoms with Crippen molar-refractivity contribution in [3.63, 3.8) is 0 Å². The maximum absolute atomic E-state index is 5.47. The highest BCUT2D eigenvalue weighted by Crippen LogP contribution is 2.24. The largest absolute Gasteiger partial charge is 0.497 e. The van der Waals surface area contributed by atoms with Gasteiger partial charge in [-0.2, -0.15) is 10.1 Å². The van der Waals surface area contributed by atoms with Crippen molar-refractivity contribution >= 4 is 5.65 Å². The molecule has 0 radical (unpaired) electrons. The molecule has 5 rings (SSSR count). The molecule has 0 atom stereocenters. The first-order chi connectivity index (χ1) is 14.1. The quantitative estimate of drug-likeness (QED) is 0.467. The molecule has 0 fully saturated rings. The van der Waals surface area contributed by atoms with Gasteiger partial charge in [0.2, 0.25) is 5.82 Å². The lowest BCUT2D eigenvalue weighted by Gasteiger charge is -2.03.